The molecule has 0 aliphatic heterocycles. The first-order valence-electron chi connectivity index (χ1n) is 5.77. The zero-order valence-corrected chi connectivity index (χ0v) is 10.6. The molecule has 0 aromatic heterocycles. The van der Waals surface area contributed by atoms with Crippen molar-refractivity contribution in [2.24, 2.45) is 11.7 Å². The lowest BCUT2D eigenvalue weighted by atomic mass is 9.88. The topological polar surface area (TPSA) is 60.2 Å². The van der Waals surface area contributed by atoms with E-state index in [2.05, 4.69) is 6.92 Å². The zero-order chi connectivity index (χ0) is 11.5. The number of rotatable bonds is 3. The van der Waals surface area contributed by atoms with Crippen molar-refractivity contribution in [3.63, 3.8) is 0 Å². The van der Waals surface area contributed by atoms with Crippen LogP contribution in [0.3, 0.4) is 0 Å². The summed E-state index contributed by atoms with van der Waals surface area (Å²) in [5.74, 6) is 0.978. The number of sulfone groups is 1. The van der Waals surface area contributed by atoms with Gasteiger partial charge in [-0.1, -0.05) is 19.8 Å². The van der Waals surface area contributed by atoms with E-state index in [1.807, 2.05) is 0 Å². The van der Waals surface area contributed by atoms with Crippen LogP contribution in [0.25, 0.3) is 0 Å². The van der Waals surface area contributed by atoms with Crippen LogP contribution in [-0.4, -0.2) is 26.0 Å². The molecule has 0 radical (unpaired) electrons. The monoisotopic (exact) mass is 233 g/mol. The summed E-state index contributed by atoms with van der Waals surface area (Å²) in [5.41, 5.74) is 6.04. The third-order valence-electron chi connectivity index (χ3n) is 3.48. The Morgan fingerprint density at radius 2 is 2.00 bits per heavy atom. The van der Waals surface area contributed by atoms with Crippen LogP contribution in [-0.2, 0) is 9.84 Å². The maximum absolute atomic E-state index is 11.1. The second-order valence-corrected chi connectivity index (χ2v) is 7.54. The molecule has 0 amide bonds. The van der Waals surface area contributed by atoms with E-state index in [4.69, 9.17) is 5.73 Å². The summed E-state index contributed by atoms with van der Waals surface area (Å²) in [6.45, 7) is 2.25. The fourth-order valence-corrected chi connectivity index (χ4v) is 3.02. The Hall–Kier alpha value is -0.0900. The molecule has 2 atom stereocenters. The minimum Gasteiger partial charge on any atom is -0.325 e. The van der Waals surface area contributed by atoms with Crippen molar-refractivity contribution in [1.29, 1.82) is 0 Å². The van der Waals surface area contributed by atoms with Crippen molar-refractivity contribution in [3.8, 4) is 0 Å². The van der Waals surface area contributed by atoms with E-state index in [-0.39, 0.29) is 11.3 Å². The first-order valence-corrected chi connectivity index (χ1v) is 7.83. The van der Waals surface area contributed by atoms with Crippen molar-refractivity contribution in [3.05, 3.63) is 0 Å². The lowest BCUT2D eigenvalue weighted by molar-refractivity contribution is 0.354. The molecule has 0 bridgehead atoms. The largest absolute Gasteiger partial charge is 0.325 e. The molecule has 3 nitrogen and oxygen atoms in total. The molecule has 15 heavy (non-hydrogen) atoms. The van der Waals surface area contributed by atoms with Gasteiger partial charge in [-0.05, 0) is 31.6 Å². The number of nitrogens with two attached hydrogens (primary N) is 1. The third kappa shape index (κ3) is 4.98. The molecule has 0 heterocycles. The van der Waals surface area contributed by atoms with Crippen molar-refractivity contribution >= 4 is 9.84 Å². The van der Waals surface area contributed by atoms with Gasteiger partial charge in [-0.25, -0.2) is 8.42 Å². The van der Waals surface area contributed by atoms with Gasteiger partial charge in [-0.15, -0.1) is 0 Å². The zero-order valence-electron chi connectivity index (χ0n) is 9.83. The van der Waals surface area contributed by atoms with Gasteiger partial charge in [-0.3, -0.25) is 0 Å². The predicted octanol–water partition coefficient (Wildman–Crippen LogP) is 1.72. The average molecular weight is 233 g/mol. The molecule has 90 valence electrons. The molecule has 0 aromatic carbocycles. The summed E-state index contributed by atoms with van der Waals surface area (Å²) < 4.78 is 22.2. The molecular weight excluding hydrogens is 210 g/mol. The molecular formula is C11H23NO2S. The fourth-order valence-electron chi connectivity index (χ4n) is 2.24. The smallest absolute Gasteiger partial charge is 0.147 e. The minimum atomic E-state index is -2.87. The summed E-state index contributed by atoms with van der Waals surface area (Å²) >= 11 is 0. The van der Waals surface area contributed by atoms with Crippen molar-refractivity contribution < 1.29 is 8.42 Å². The van der Waals surface area contributed by atoms with Gasteiger partial charge in [0.15, 0.2) is 0 Å². The Bertz CT molecular complexity index is 300. The summed E-state index contributed by atoms with van der Waals surface area (Å²) in [6.07, 6.45) is 7.38. The average Bonchev–Trinajstić information content (AvgIpc) is 2.26. The van der Waals surface area contributed by atoms with E-state index < -0.39 is 9.84 Å². The van der Waals surface area contributed by atoms with Gasteiger partial charge in [0.25, 0.3) is 0 Å². The van der Waals surface area contributed by atoms with Gasteiger partial charge in [-0.2, -0.15) is 0 Å². The van der Waals surface area contributed by atoms with Crippen LogP contribution in [0.5, 0.6) is 0 Å². The Kier molecular flexibility index (Phi) is 4.18. The third-order valence-corrected chi connectivity index (χ3v) is 4.42. The first-order chi connectivity index (χ1) is 6.81. The standard InChI is InChI=1S/C11H23NO2S/c1-10-4-3-6-11(12,7-5-10)8-9-15(2,13)14/h10H,3-9,12H2,1-2H3. The Labute approximate surface area is 93.3 Å². The first kappa shape index (κ1) is 13.0. The van der Waals surface area contributed by atoms with Gasteiger partial charge in [0.2, 0.25) is 0 Å². The lowest BCUT2D eigenvalue weighted by Gasteiger charge is -2.27. The molecule has 2 N–H and O–H groups in total. The molecule has 0 spiro atoms. The summed E-state index contributed by atoms with van der Waals surface area (Å²) in [5, 5.41) is 0. The van der Waals surface area contributed by atoms with Crippen LogP contribution in [0, 0.1) is 5.92 Å². The van der Waals surface area contributed by atoms with Crippen LogP contribution >= 0.6 is 0 Å². The molecule has 1 aliphatic rings. The number of hydrogen-bond acceptors (Lipinski definition) is 3. The van der Waals surface area contributed by atoms with Gasteiger partial charge in [0, 0.05) is 11.8 Å². The summed E-state index contributed by atoms with van der Waals surface area (Å²) in [7, 11) is -2.87. The van der Waals surface area contributed by atoms with Crippen LogP contribution < -0.4 is 5.73 Å². The molecule has 1 fully saturated rings. The van der Waals surface area contributed by atoms with E-state index in [1.165, 1.54) is 12.7 Å². The van der Waals surface area contributed by atoms with Crippen LogP contribution in [0.1, 0.15) is 45.4 Å². The van der Waals surface area contributed by atoms with Crippen LogP contribution in [0.4, 0.5) is 0 Å². The van der Waals surface area contributed by atoms with E-state index in [0.29, 0.717) is 6.42 Å². The second-order valence-electron chi connectivity index (χ2n) is 5.28. The van der Waals surface area contributed by atoms with Gasteiger partial charge in [0.05, 0.1) is 5.75 Å². The fraction of sp³-hybridized carbons (Fsp3) is 1.00. The summed E-state index contributed by atoms with van der Waals surface area (Å²) in [6, 6.07) is 0. The van der Waals surface area contributed by atoms with E-state index in [0.717, 1.165) is 31.6 Å². The molecule has 1 saturated carbocycles. The van der Waals surface area contributed by atoms with Gasteiger partial charge < -0.3 is 5.73 Å². The van der Waals surface area contributed by atoms with Crippen LogP contribution in [0.2, 0.25) is 0 Å². The Balaban J connectivity index is 2.50. The van der Waals surface area contributed by atoms with Crippen LogP contribution in [0.15, 0.2) is 0 Å². The highest BCUT2D eigenvalue weighted by Crippen LogP contribution is 2.30. The quantitative estimate of drug-likeness (QED) is 0.755. The molecule has 2 unspecified atom stereocenters. The Morgan fingerprint density at radius 3 is 2.60 bits per heavy atom. The molecule has 0 saturated heterocycles. The minimum absolute atomic E-state index is 0.228. The second kappa shape index (κ2) is 4.83. The van der Waals surface area contributed by atoms with E-state index in [1.54, 1.807) is 0 Å². The van der Waals surface area contributed by atoms with Crippen molar-refractivity contribution in [1.82, 2.24) is 0 Å². The maximum atomic E-state index is 11.1. The molecule has 0 aromatic rings. The predicted molar refractivity (Wildman–Crippen MR) is 63.5 cm³/mol. The highest BCUT2D eigenvalue weighted by Gasteiger charge is 2.28. The molecule has 1 rings (SSSR count). The lowest BCUT2D eigenvalue weighted by Crippen LogP contribution is -2.40. The molecule has 1 aliphatic carbocycles. The van der Waals surface area contributed by atoms with Gasteiger partial charge >= 0.3 is 0 Å². The van der Waals surface area contributed by atoms with Crippen molar-refractivity contribution in [2.45, 2.75) is 51.0 Å². The van der Waals surface area contributed by atoms with E-state index in [9.17, 15) is 8.42 Å². The SMILES string of the molecule is CC1CCCC(N)(CCS(C)(=O)=O)CC1. The Morgan fingerprint density at radius 1 is 1.33 bits per heavy atom. The maximum Gasteiger partial charge on any atom is 0.147 e. The highest BCUT2D eigenvalue weighted by molar-refractivity contribution is 7.90. The number of hydrogen-bond donors (Lipinski definition) is 1. The summed E-state index contributed by atoms with van der Waals surface area (Å²) in [4.78, 5) is 0. The van der Waals surface area contributed by atoms with Crippen molar-refractivity contribution in [2.75, 3.05) is 12.0 Å². The van der Waals surface area contributed by atoms with Gasteiger partial charge in [0.1, 0.15) is 9.84 Å². The molecule has 4 heteroatoms. The van der Waals surface area contributed by atoms with E-state index >= 15 is 0 Å². The normalized spacial score (nSPS) is 33.7. The highest BCUT2D eigenvalue weighted by atomic mass is 32.2.